The molecule has 1 aromatic rings. The van der Waals surface area contributed by atoms with Gasteiger partial charge in [-0.05, 0) is 32.0 Å². The minimum absolute atomic E-state index is 0.110. The van der Waals surface area contributed by atoms with Crippen molar-refractivity contribution in [2.75, 3.05) is 19.7 Å². The zero-order chi connectivity index (χ0) is 14.4. The Morgan fingerprint density at radius 2 is 1.95 bits per heavy atom. The Labute approximate surface area is 116 Å². The molecule has 0 fully saturated rings. The van der Waals surface area contributed by atoms with Crippen LogP contribution in [0.1, 0.15) is 24.2 Å². The first kappa shape index (κ1) is 15.4. The summed E-state index contributed by atoms with van der Waals surface area (Å²) in [6.45, 7) is 4.44. The van der Waals surface area contributed by atoms with E-state index in [1.807, 2.05) is 13.8 Å². The van der Waals surface area contributed by atoms with Crippen LogP contribution in [0.5, 0.6) is 0 Å². The van der Waals surface area contributed by atoms with Crippen LogP contribution in [0.25, 0.3) is 0 Å². The first-order valence-electron chi connectivity index (χ1n) is 5.89. The average Bonchev–Trinajstić information content (AvgIpc) is 2.40. The van der Waals surface area contributed by atoms with Crippen LogP contribution in [-0.4, -0.2) is 36.5 Å². The van der Waals surface area contributed by atoms with Crippen molar-refractivity contribution in [1.29, 1.82) is 0 Å². The normalized spacial score (nSPS) is 10.1. The van der Waals surface area contributed by atoms with Crippen molar-refractivity contribution in [1.82, 2.24) is 4.90 Å². The van der Waals surface area contributed by atoms with E-state index in [1.54, 1.807) is 4.90 Å². The van der Waals surface area contributed by atoms with Crippen molar-refractivity contribution >= 4 is 23.5 Å². The number of halogens is 2. The number of hydrogen-bond donors (Lipinski definition) is 0. The molecule has 0 bridgehead atoms. The summed E-state index contributed by atoms with van der Waals surface area (Å²) >= 11 is 5.56. The summed E-state index contributed by atoms with van der Waals surface area (Å²) in [5.41, 5.74) is 0.110. The number of benzene rings is 1. The molecule has 0 radical (unpaired) electrons. The number of esters is 1. The molecular formula is C13H15ClFNO3. The third-order valence-corrected chi connectivity index (χ3v) is 2.89. The van der Waals surface area contributed by atoms with E-state index in [0.29, 0.717) is 13.1 Å². The molecular weight excluding hydrogens is 273 g/mol. The maximum absolute atomic E-state index is 12.9. The first-order chi connectivity index (χ1) is 8.99. The second-order valence-electron chi connectivity index (χ2n) is 3.77. The van der Waals surface area contributed by atoms with Crippen LogP contribution in [0.4, 0.5) is 4.39 Å². The van der Waals surface area contributed by atoms with E-state index >= 15 is 0 Å². The third-order valence-electron chi connectivity index (χ3n) is 2.60. The van der Waals surface area contributed by atoms with E-state index in [9.17, 15) is 14.0 Å². The van der Waals surface area contributed by atoms with Crippen molar-refractivity contribution in [2.24, 2.45) is 0 Å². The van der Waals surface area contributed by atoms with Gasteiger partial charge in [-0.1, -0.05) is 11.6 Å². The van der Waals surface area contributed by atoms with E-state index < -0.39 is 11.8 Å². The van der Waals surface area contributed by atoms with E-state index in [-0.39, 0.29) is 23.1 Å². The molecule has 0 aliphatic carbocycles. The molecule has 104 valence electrons. The van der Waals surface area contributed by atoms with E-state index in [2.05, 4.69) is 0 Å². The topological polar surface area (TPSA) is 46.6 Å². The number of amides is 1. The van der Waals surface area contributed by atoms with Gasteiger partial charge in [-0.25, -0.2) is 9.18 Å². The summed E-state index contributed by atoms with van der Waals surface area (Å²) in [5, 5.41) is -0.162. The van der Waals surface area contributed by atoms with Gasteiger partial charge in [-0.2, -0.15) is 0 Å². The van der Waals surface area contributed by atoms with Gasteiger partial charge >= 0.3 is 5.97 Å². The molecule has 0 saturated carbocycles. The van der Waals surface area contributed by atoms with Crippen LogP contribution < -0.4 is 0 Å². The highest BCUT2D eigenvalue weighted by molar-refractivity contribution is 6.31. The van der Waals surface area contributed by atoms with E-state index in [4.69, 9.17) is 16.3 Å². The van der Waals surface area contributed by atoms with Gasteiger partial charge in [-0.3, -0.25) is 4.79 Å². The van der Waals surface area contributed by atoms with Crippen LogP contribution >= 0.6 is 11.6 Å². The number of rotatable bonds is 5. The lowest BCUT2D eigenvalue weighted by atomic mass is 10.2. The highest BCUT2D eigenvalue weighted by Gasteiger charge is 2.14. The van der Waals surface area contributed by atoms with E-state index in [1.165, 1.54) is 12.1 Å². The largest absolute Gasteiger partial charge is 0.452 e. The van der Waals surface area contributed by atoms with Crippen molar-refractivity contribution < 1.29 is 18.7 Å². The Kier molecular flexibility index (Phi) is 5.76. The number of ether oxygens (including phenoxy) is 1. The Morgan fingerprint density at radius 1 is 1.32 bits per heavy atom. The van der Waals surface area contributed by atoms with Gasteiger partial charge < -0.3 is 9.64 Å². The molecule has 4 nitrogen and oxygen atoms in total. The highest BCUT2D eigenvalue weighted by Crippen LogP contribution is 2.16. The van der Waals surface area contributed by atoms with Crippen molar-refractivity contribution in [3.8, 4) is 0 Å². The molecule has 1 aromatic carbocycles. The fourth-order valence-electron chi connectivity index (χ4n) is 1.50. The average molecular weight is 288 g/mol. The monoisotopic (exact) mass is 287 g/mol. The SMILES string of the molecule is CCN(CC)C(=O)COC(=O)c1ccc(F)c(Cl)c1. The van der Waals surface area contributed by atoms with Crippen molar-refractivity contribution in [3.05, 3.63) is 34.6 Å². The summed E-state index contributed by atoms with van der Waals surface area (Å²) in [7, 11) is 0. The summed E-state index contributed by atoms with van der Waals surface area (Å²) < 4.78 is 17.8. The minimum atomic E-state index is -0.706. The molecule has 0 spiro atoms. The molecule has 0 aliphatic heterocycles. The molecule has 0 N–H and O–H groups in total. The summed E-state index contributed by atoms with van der Waals surface area (Å²) in [6, 6.07) is 3.50. The molecule has 0 saturated heterocycles. The van der Waals surface area contributed by atoms with Gasteiger partial charge in [0.15, 0.2) is 6.61 Å². The number of nitrogens with zero attached hydrogens (tertiary/aromatic N) is 1. The molecule has 0 aromatic heterocycles. The lowest BCUT2D eigenvalue weighted by Crippen LogP contribution is -2.34. The summed E-state index contributed by atoms with van der Waals surface area (Å²) in [4.78, 5) is 24.8. The number of hydrogen-bond acceptors (Lipinski definition) is 3. The summed E-state index contributed by atoms with van der Waals surface area (Å²) in [6.07, 6.45) is 0. The zero-order valence-electron chi connectivity index (χ0n) is 10.8. The van der Waals surface area contributed by atoms with Gasteiger partial charge in [0.05, 0.1) is 10.6 Å². The quantitative estimate of drug-likeness (QED) is 0.782. The Bertz CT molecular complexity index is 475. The molecule has 1 rings (SSSR count). The first-order valence-corrected chi connectivity index (χ1v) is 6.27. The fourth-order valence-corrected chi connectivity index (χ4v) is 1.68. The number of carbonyl (C=O) groups excluding carboxylic acids is 2. The predicted molar refractivity (Wildman–Crippen MR) is 69.6 cm³/mol. The number of carbonyl (C=O) groups is 2. The molecule has 0 heterocycles. The minimum Gasteiger partial charge on any atom is -0.452 e. The molecule has 0 unspecified atom stereocenters. The Hall–Kier alpha value is -1.62. The van der Waals surface area contributed by atoms with Crippen LogP contribution in [0.3, 0.4) is 0 Å². The number of likely N-dealkylation sites (N-methyl/N-ethyl adjacent to an activating group) is 1. The second-order valence-corrected chi connectivity index (χ2v) is 4.18. The van der Waals surface area contributed by atoms with Crippen LogP contribution in [-0.2, 0) is 9.53 Å². The molecule has 19 heavy (non-hydrogen) atoms. The lowest BCUT2D eigenvalue weighted by Gasteiger charge is -2.18. The fraction of sp³-hybridized carbons (Fsp3) is 0.385. The Morgan fingerprint density at radius 3 is 2.47 bits per heavy atom. The lowest BCUT2D eigenvalue weighted by molar-refractivity contribution is -0.134. The molecule has 1 amide bonds. The van der Waals surface area contributed by atoms with Crippen LogP contribution in [0.2, 0.25) is 5.02 Å². The third kappa shape index (κ3) is 4.21. The van der Waals surface area contributed by atoms with Gasteiger partial charge in [0, 0.05) is 13.1 Å². The van der Waals surface area contributed by atoms with Gasteiger partial charge in [0.1, 0.15) is 5.82 Å². The second kappa shape index (κ2) is 7.09. The molecule has 6 heteroatoms. The Balaban J connectivity index is 2.60. The van der Waals surface area contributed by atoms with Gasteiger partial charge in [0.2, 0.25) is 0 Å². The maximum Gasteiger partial charge on any atom is 0.338 e. The summed E-state index contributed by atoms with van der Waals surface area (Å²) in [5.74, 6) is -1.59. The predicted octanol–water partition coefficient (Wildman–Crippen LogP) is 2.50. The zero-order valence-corrected chi connectivity index (χ0v) is 11.5. The highest BCUT2D eigenvalue weighted by atomic mass is 35.5. The maximum atomic E-state index is 12.9. The molecule has 0 aliphatic rings. The smallest absolute Gasteiger partial charge is 0.338 e. The standard InChI is InChI=1S/C13H15ClFNO3/c1-3-16(4-2)12(17)8-19-13(18)9-5-6-11(15)10(14)7-9/h5-7H,3-4,8H2,1-2H3. The van der Waals surface area contributed by atoms with E-state index in [0.717, 1.165) is 6.07 Å². The van der Waals surface area contributed by atoms with Crippen molar-refractivity contribution in [3.63, 3.8) is 0 Å². The van der Waals surface area contributed by atoms with Crippen LogP contribution in [0, 0.1) is 5.82 Å². The van der Waals surface area contributed by atoms with Gasteiger partial charge in [-0.15, -0.1) is 0 Å². The molecule has 0 atom stereocenters. The van der Waals surface area contributed by atoms with Crippen molar-refractivity contribution in [2.45, 2.75) is 13.8 Å². The van der Waals surface area contributed by atoms with Gasteiger partial charge in [0.25, 0.3) is 5.91 Å². The van der Waals surface area contributed by atoms with Crippen LogP contribution in [0.15, 0.2) is 18.2 Å².